The number of H-pyrrole nitrogens is 1. The fraction of sp³-hybridized carbons (Fsp3) is 0.0400. The minimum atomic E-state index is 0.177. The Morgan fingerprint density at radius 3 is 2.09 bits per heavy atom. The standard InChI is InChI=1S/C13H11N3O.C12H9N3O/c1-9-6-7-13(17)12(8-9)16-14-10-4-2-3-5-11(10)15-16;16-10-7-6-9-12(14-15-13-9)11(10)8-4-2-1-3-5-8/h2-8,17H,1H3;1-7,16H,(H,13,14,15). The SMILES string of the molecule is Cc1ccc(O)c(-n2nc3ccccc3n2)c1.Oc1ccc2n[nH]nc2c1-c1ccccc1. The average molecular weight is 436 g/mol. The van der Waals surface area contributed by atoms with Crippen molar-refractivity contribution in [1.29, 1.82) is 0 Å². The van der Waals surface area contributed by atoms with Crippen LogP contribution in [0.4, 0.5) is 0 Å². The molecule has 2 heterocycles. The number of hydrogen-bond acceptors (Lipinski definition) is 6. The predicted octanol–water partition coefficient (Wildman–Crippen LogP) is 4.77. The van der Waals surface area contributed by atoms with E-state index in [2.05, 4.69) is 25.6 Å². The lowest BCUT2D eigenvalue weighted by atomic mass is 10.0. The van der Waals surface area contributed by atoms with E-state index in [0.717, 1.165) is 27.7 Å². The molecule has 3 N–H and O–H groups in total. The molecule has 0 aliphatic heterocycles. The van der Waals surface area contributed by atoms with Gasteiger partial charge in [-0.25, -0.2) is 0 Å². The molecule has 0 saturated heterocycles. The zero-order chi connectivity index (χ0) is 22.8. The van der Waals surface area contributed by atoms with Crippen LogP contribution < -0.4 is 0 Å². The third-order valence-corrected chi connectivity index (χ3v) is 5.16. The zero-order valence-corrected chi connectivity index (χ0v) is 17.7. The maximum Gasteiger partial charge on any atom is 0.143 e. The van der Waals surface area contributed by atoms with Gasteiger partial charge >= 0.3 is 0 Å². The Hall–Kier alpha value is -4.72. The molecular formula is C25H20N6O2. The summed E-state index contributed by atoms with van der Waals surface area (Å²) in [6.07, 6.45) is 0. The Morgan fingerprint density at radius 1 is 0.697 bits per heavy atom. The molecule has 33 heavy (non-hydrogen) atoms. The van der Waals surface area contributed by atoms with Gasteiger partial charge < -0.3 is 10.2 Å². The van der Waals surface area contributed by atoms with E-state index >= 15 is 0 Å². The maximum absolute atomic E-state index is 9.90. The topological polar surface area (TPSA) is 113 Å². The molecule has 0 aliphatic rings. The van der Waals surface area contributed by atoms with Gasteiger partial charge in [0.2, 0.25) is 0 Å². The fourth-order valence-corrected chi connectivity index (χ4v) is 3.55. The Balaban J connectivity index is 0.000000139. The number of benzene rings is 4. The number of fused-ring (bicyclic) bond motifs is 2. The smallest absolute Gasteiger partial charge is 0.143 e. The minimum Gasteiger partial charge on any atom is -0.507 e. The highest BCUT2D eigenvalue weighted by Gasteiger charge is 2.12. The fourth-order valence-electron chi connectivity index (χ4n) is 3.55. The second-order valence-electron chi connectivity index (χ2n) is 7.49. The molecule has 0 atom stereocenters. The molecule has 0 aliphatic carbocycles. The van der Waals surface area contributed by atoms with Gasteiger partial charge in [-0.15, -0.1) is 15.0 Å². The van der Waals surface area contributed by atoms with Crippen molar-refractivity contribution in [1.82, 2.24) is 30.4 Å². The van der Waals surface area contributed by atoms with E-state index in [0.29, 0.717) is 16.8 Å². The van der Waals surface area contributed by atoms with Crippen LogP contribution in [0, 0.1) is 6.92 Å². The van der Waals surface area contributed by atoms with Gasteiger partial charge in [-0.05, 0) is 54.4 Å². The summed E-state index contributed by atoms with van der Waals surface area (Å²) in [4.78, 5) is 1.47. The van der Waals surface area contributed by atoms with Crippen molar-refractivity contribution in [2.24, 2.45) is 0 Å². The van der Waals surface area contributed by atoms with E-state index in [4.69, 9.17) is 0 Å². The first-order chi connectivity index (χ1) is 16.1. The first-order valence-corrected chi connectivity index (χ1v) is 10.3. The minimum absolute atomic E-state index is 0.177. The summed E-state index contributed by atoms with van der Waals surface area (Å²) in [6.45, 7) is 1.96. The van der Waals surface area contributed by atoms with E-state index < -0.39 is 0 Å². The highest BCUT2D eigenvalue weighted by atomic mass is 16.3. The molecule has 0 amide bonds. The van der Waals surface area contributed by atoms with Gasteiger partial charge in [0, 0.05) is 0 Å². The highest BCUT2D eigenvalue weighted by Crippen LogP contribution is 2.34. The number of aryl methyl sites for hydroxylation is 1. The number of phenols is 2. The highest BCUT2D eigenvalue weighted by molar-refractivity contribution is 5.94. The summed E-state index contributed by atoms with van der Waals surface area (Å²) in [6, 6.07) is 26.0. The van der Waals surface area contributed by atoms with Crippen molar-refractivity contribution in [2.45, 2.75) is 6.92 Å². The lowest BCUT2D eigenvalue weighted by Crippen LogP contribution is -1.99. The molecule has 0 fully saturated rings. The summed E-state index contributed by atoms with van der Waals surface area (Å²) in [5.41, 5.74) is 6.36. The number of nitrogens with zero attached hydrogens (tertiary/aromatic N) is 5. The number of phenolic OH excluding ortho intramolecular Hbond substituents is 2. The molecule has 0 bridgehead atoms. The third-order valence-electron chi connectivity index (χ3n) is 5.16. The van der Waals surface area contributed by atoms with Crippen molar-refractivity contribution in [2.75, 3.05) is 0 Å². The van der Waals surface area contributed by atoms with Crippen molar-refractivity contribution < 1.29 is 10.2 Å². The van der Waals surface area contributed by atoms with Gasteiger partial charge in [0.1, 0.15) is 39.3 Å². The van der Waals surface area contributed by atoms with Crippen LogP contribution in [0.25, 0.3) is 38.9 Å². The first kappa shape index (κ1) is 20.2. The van der Waals surface area contributed by atoms with Gasteiger partial charge in [-0.1, -0.05) is 48.5 Å². The Kier molecular flexibility index (Phi) is 5.16. The van der Waals surface area contributed by atoms with E-state index in [1.807, 2.05) is 73.7 Å². The molecule has 0 radical (unpaired) electrons. The van der Waals surface area contributed by atoms with Gasteiger partial charge in [0.25, 0.3) is 0 Å². The first-order valence-electron chi connectivity index (χ1n) is 10.3. The Labute approximate surface area is 188 Å². The quantitative estimate of drug-likeness (QED) is 0.361. The van der Waals surface area contributed by atoms with Crippen LogP contribution in [-0.4, -0.2) is 40.6 Å². The molecular weight excluding hydrogens is 416 g/mol. The Morgan fingerprint density at radius 2 is 1.36 bits per heavy atom. The van der Waals surface area contributed by atoms with E-state index in [-0.39, 0.29) is 11.5 Å². The molecule has 8 nitrogen and oxygen atoms in total. The number of aromatic amines is 1. The van der Waals surface area contributed by atoms with Crippen LogP contribution in [0.3, 0.4) is 0 Å². The zero-order valence-electron chi connectivity index (χ0n) is 17.7. The predicted molar refractivity (Wildman–Crippen MR) is 126 cm³/mol. The average Bonchev–Trinajstić information content (AvgIpc) is 3.48. The molecule has 0 spiro atoms. The molecule has 6 aromatic rings. The van der Waals surface area contributed by atoms with Gasteiger partial charge in [0.05, 0.1) is 5.56 Å². The van der Waals surface area contributed by atoms with Crippen LogP contribution in [0.15, 0.2) is 84.9 Å². The molecule has 6 rings (SSSR count). The van der Waals surface area contributed by atoms with Crippen LogP contribution in [0.2, 0.25) is 0 Å². The van der Waals surface area contributed by atoms with Crippen LogP contribution in [0.5, 0.6) is 11.5 Å². The summed E-state index contributed by atoms with van der Waals surface area (Å²) in [7, 11) is 0. The summed E-state index contributed by atoms with van der Waals surface area (Å²) in [5.74, 6) is 0.392. The van der Waals surface area contributed by atoms with Crippen molar-refractivity contribution >= 4 is 22.1 Å². The van der Waals surface area contributed by atoms with E-state index in [1.165, 1.54) is 4.80 Å². The van der Waals surface area contributed by atoms with Crippen LogP contribution in [-0.2, 0) is 0 Å². The summed E-state index contributed by atoms with van der Waals surface area (Å²) < 4.78 is 0. The van der Waals surface area contributed by atoms with Gasteiger partial charge in [-0.2, -0.15) is 15.4 Å². The van der Waals surface area contributed by atoms with Crippen molar-refractivity contribution in [3.63, 3.8) is 0 Å². The lowest BCUT2D eigenvalue weighted by molar-refractivity contribution is 0.467. The number of aromatic hydroxyl groups is 2. The van der Waals surface area contributed by atoms with E-state index in [9.17, 15) is 10.2 Å². The monoisotopic (exact) mass is 436 g/mol. The van der Waals surface area contributed by atoms with Crippen molar-refractivity contribution in [3.8, 4) is 28.3 Å². The molecule has 0 saturated carbocycles. The van der Waals surface area contributed by atoms with Crippen molar-refractivity contribution in [3.05, 3.63) is 90.5 Å². The number of aromatic nitrogens is 6. The van der Waals surface area contributed by atoms with Gasteiger partial charge in [-0.3, -0.25) is 0 Å². The normalized spacial score (nSPS) is 10.8. The number of hydrogen-bond donors (Lipinski definition) is 3. The maximum atomic E-state index is 9.90. The number of nitrogens with one attached hydrogen (secondary N) is 1. The van der Waals surface area contributed by atoms with Crippen LogP contribution in [0.1, 0.15) is 5.56 Å². The Bertz CT molecular complexity index is 1520. The third kappa shape index (κ3) is 3.97. The number of rotatable bonds is 2. The second-order valence-corrected chi connectivity index (χ2v) is 7.49. The lowest BCUT2D eigenvalue weighted by Gasteiger charge is -2.04. The van der Waals surface area contributed by atoms with E-state index in [1.54, 1.807) is 18.2 Å². The molecule has 0 unspecified atom stereocenters. The molecule has 2 aromatic heterocycles. The largest absolute Gasteiger partial charge is 0.507 e. The second kappa shape index (κ2) is 8.43. The molecule has 4 aromatic carbocycles. The molecule has 162 valence electrons. The summed E-state index contributed by atoms with van der Waals surface area (Å²) in [5, 5.41) is 39.0. The summed E-state index contributed by atoms with van der Waals surface area (Å²) >= 11 is 0. The molecule has 8 heteroatoms. The van der Waals surface area contributed by atoms with Crippen LogP contribution >= 0.6 is 0 Å². The van der Waals surface area contributed by atoms with Gasteiger partial charge in [0.15, 0.2) is 0 Å².